The summed E-state index contributed by atoms with van der Waals surface area (Å²) >= 11 is 5.41. The quantitative estimate of drug-likeness (QED) is 0.678. The number of rotatable bonds is 1. The number of hydrogen-bond acceptors (Lipinski definition) is 3. The molecular formula is C8H10ClNO3. The molecule has 1 aromatic heterocycles. The standard InChI is InChI=1S/C6H4ClNO2.C2H6O/c7-5-3-4(6(9)10)1-2-8-5;1-2-3/h1-3H,(H,9,10);3H,2H2,1H3. The molecule has 72 valence electrons. The summed E-state index contributed by atoms with van der Waals surface area (Å²) in [5, 5.41) is 16.2. The molecule has 0 unspecified atom stereocenters. The van der Waals surface area contributed by atoms with Gasteiger partial charge in [0.1, 0.15) is 5.15 Å². The molecule has 0 aliphatic heterocycles. The number of aliphatic hydroxyl groups is 1. The van der Waals surface area contributed by atoms with Gasteiger partial charge < -0.3 is 10.2 Å². The smallest absolute Gasteiger partial charge is 0.335 e. The van der Waals surface area contributed by atoms with Crippen LogP contribution >= 0.6 is 11.6 Å². The number of pyridine rings is 1. The monoisotopic (exact) mass is 203 g/mol. The molecule has 0 saturated carbocycles. The van der Waals surface area contributed by atoms with Crippen molar-refractivity contribution in [2.45, 2.75) is 6.92 Å². The number of hydrogen-bond donors (Lipinski definition) is 2. The first-order valence-corrected chi connectivity index (χ1v) is 3.95. The highest BCUT2D eigenvalue weighted by atomic mass is 35.5. The first-order chi connectivity index (χ1) is 6.11. The van der Waals surface area contributed by atoms with Crippen LogP contribution in [-0.4, -0.2) is 27.8 Å². The summed E-state index contributed by atoms with van der Waals surface area (Å²) in [6.07, 6.45) is 1.35. The molecule has 13 heavy (non-hydrogen) atoms. The maximum atomic E-state index is 10.3. The van der Waals surface area contributed by atoms with Crippen LogP contribution in [0.25, 0.3) is 0 Å². The Balaban J connectivity index is 0.000000424. The van der Waals surface area contributed by atoms with E-state index < -0.39 is 5.97 Å². The van der Waals surface area contributed by atoms with Gasteiger partial charge in [0.2, 0.25) is 0 Å². The molecule has 0 atom stereocenters. The zero-order valence-electron chi connectivity index (χ0n) is 7.07. The summed E-state index contributed by atoms with van der Waals surface area (Å²) in [5.41, 5.74) is 0.153. The number of carboxylic acid groups (broad SMARTS) is 1. The average molecular weight is 204 g/mol. The van der Waals surface area contributed by atoms with Crippen molar-refractivity contribution in [2.24, 2.45) is 0 Å². The third-order valence-corrected chi connectivity index (χ3v) is 1.18. The first kappa shape index (κ1) is 11.9. The van der Waals surface area contributed by atoms with Crippen LogP contribution in [0.1, 0.15) is 17.3 Å². The molecule has 0 aliphatic rings. The van der Waals surface area contributed by atoms with Crippen LogP contribution in [-0.2, 0) is 0 Å². The summed E-state index contributed by atoms with van der Waals surface area (Å²) < 4.78 is 0. The summed E-state index contributed by atoms with van der Waals surface area (Å²) in [6, 6.07) is 2.68. The van der Waals surface area contributed by atoms with E-state index in [-0.39, 0.29) is 17.3 Å². The van der Waals surface area contributed by atoms with Crippen LogP contribution in [0.3, 0.4) is 0 Å². The van der Waals surface area contributed by atoms with Crippen molar-refractivity contribution in [1.29, 1.82) is 0 Å². The number of aliphatic hydroxyl groups excluding tert-OH is 1. The molecule has 0 spiro atoms. The van der Waals surface area contributed by atoms with Gasteiger partial charge in [-0.15, -0.1) is 0 Å². The van der Waals surface area contributed by atoms with E-state index in [0.29, 0.717) is 0 Å². The predicted octanol–water partition coefficient (Wildman–Crippen LogP) is 1.43. The van der Waals surface area contributed by atoms with E-state index in [4.69, 9.17) is 21.8 Å². The van der Waals surface area contributed by atoms with Crippen LogP contribution in [0.4, 0.5) is 0 Å². The van der Waals surface area contributed by atoms with Gasteiger partial charge in [-0.2, -0.15) is 0 Å². The minimum Gasteiger partial charge on any atom is -0.478 e. The van der Waals surface area contributed by atoms with Crippen molar-refractivity contribution in [3.8, 4) is 0 Å². The Morgan fingerprint density at radius 3 is 2.54 bits per heavy atom. The average Bonchev–Trinajstić information content (AvgIpc) is 2.05. The van der Waals surface area contributed by atoms with Crippen molar-refractivity contribution >= 4 is 17.6 Å². The molecular weight excluding hydrogens is 194 g/mol. The van der Waals surface area contributed by atoms with Crippen LogP contribution in [0.5, 0.6) is 0 Å². The Morgan fingerprint density at radius 1 is 1.69 bits per heavy atom. The van der Waals surface area contributed by atoms with E-state index in [1.54, 1.807) is 6.92 Å². The van der Waals surface area contributed by atoms with Crippen LogP contribution < -0.4 is 0 Å². The van der Waals surface area contributed by atoms with Crippen molar-refractivity contribution in [3.63, 3.8) is 0 Å². The summed E-state index contributed by atoms with van der Waals surface area (Å²) in [5.74, 6) is -0.996. The highest BCUT2D eigenvalue weighted by Crippen LogP contribution is 2.05. The van der Waals surface area contributed by atoms with E-state index in [0.717, 1.165) is 0 Å². The number of nitrogens with zero attached hydrogens (tertiary/aromatic N) is 1. The summed E-state index contributed by atoms with van der Waals surface area (Å²) in [4.78, 5) is 13.9. The Bertz CT molecular complexity index is 278. The highest BCUT2D eigenvalue weighted by molar-refractivity contribution is 6.29. The van der Waals surface area contributed by atoms with Gasteiger partial charge in [0.15, 0.2) is 0 Å². The Hall–Kier alpha value is -1.13. The Labute approximate surface area is 80.8 Å². The van der Waals surface area contributed by atoms with Crippen molar-refractivity contribution in [2.75, 3.05) is 6.61 Å². The number of halogens is 1. The number of carboxylic acids is 1. The van der Waals surface area contributed by atoms with Crippen LogP contribution in [0.2, 0.25) is 5.15 Å². The summed E-state index contributed by atoms with van der Waals surface area (Å²) in [6.45, 7) is 1.93. The van der Waals surface area contributed by atoms with Gasteiger partial charge in [0.05, 0.1) is 5.56 Å². The molecule has 0 aromatic carbocycles. The second-order valence-corrected chi connectivity index (χ2v) is 2.38. The molecule has 5 heteroatoms. The molecule has 1 rings (SSSR count). The second-order valence-electron chi connectivity index (χ2n) is 1.99. The number of aromatic nitrogens is 1. The minimum absolute atomic E-state index is 0.153. The van der Waals surface area contributed by atoms with Crippen molar-refractivity contribution in [1.82, 2.24) is 4.98 Å². The highest BCUT2D eigenvalue weighted by Gasteiger charge is 2.01. The molecule has 0 aliphatic carbocycles. The fourth-order valence-corrected chi connectivity index (χ4v) is 0.709. The van der Waals surface area contributed by atoms with Gasteiger partial charge in [0, 0.05) is 12.8 Å². The molecule has 1 heterocycles. The maximum Gasteiger partial charge on any atom is 0.335 e. The van der Waals surface area contributed by atoms with Crippen LogP contribution in [0.15, 0.2) is 18.3 Å². The SMILES string of the molecule is CCO.O=C(O)c1ccnc(Cl)c1. The normalized spacial score (nSPS) is 8.54. The summed E-state index contributed by atoms with van der Waals surface area (Å²) in [7, 11) is 0. The second kappa shape index (κ2) is 6.39. The Morgan fingerprint density at radius 2 is 2.23 bits per heavy atom. The topological polar surface area (TPSA) is 70.4 Å². The largest absolute Gasteiger partial charge is 0.478 e. The zero-order chi connectivity index (χ0) is 10.3. The fourth-order valence-electron chi connectivity index (χ4n) is 0.535. The lowest BCUT2D eigenvalue weighted by molar-refractivity contribution is 0.0696. The lowest BCUT2D eigenvalue weighted by Crippen LogP contribution is -1.95. The molecule has 2 N–H and O–H groups in total. The minimum atomic E-state index is -0.996. The van der Waals surface area contributed by atoms with E-state index in [9.17, 15) is 4.79 Å². The van der Waals surface area contributed by atoms with Crippen LogP contribution in [0, 0.1) is 0 Å². The zero-order valence-corrected chi connectivity index (χ0v) is 7.82. The van der Waals surface area contributed by atoms with Gasteiger partial charge in [-0.25, -0.2) is 9.78 Å². The molecule has 4 nitrogen and oxygen atoms in total. The molecule has 0 radical (unpaired) electrons. The third kappa shape index (κ3) is 5.16. The molecule has 1 aromatic rings. The lowest BCUT2D eigenvalue weighted by atomic mass is 10.3. The first-order valence-electron chi connectivity index (χ1n) is 3.57. The van der Waals surface area contributed by atoms with Gasteiger partial charge >= 0.3 is 5.97 Å². The number of carbonyl (C=O) groups is 1. The van der Waals surface area contributed by atoms with Crippen molar-refractivity contribution < 1.29 is 15.0 Å². The van der Waals surface area contributed by atoms with Gasteiger partial charge in [-0.05, 0) is 19.1 Å². The van der Waals surface area contributed by atoms with Crippen molar-refractivity contribution in [3.05, 3.63) is 29.0 Å². The van der Waals surface area contributed by atoms with E-state index >= 15 is 0 Å². The van der Waals surface area contributed by atoms with Gasteiger partial charge in [-0.3, -0.25) is 0 Å². The number of aromatic carboxylic acids is 1. The Kier molecular flexibility index (Phi) is 5.84. The lowest BCUT2D eigenvalue weighted by Gasteiger charge is -1.91. The predicted molar refractivity (Wildman–Crippen MR) is 49.0 cm³/mol. The molecule has 0 saturated heterocycles. The van der Waals surface area contributed by atoms with Gasteiger partial charge in [0.25, 0.3) is 0 Å². The van der Waals surface area contributed by atoms with Gasteiger partial charge in [-0.1, -0.05) is 11.6 Å². The molecule has 0 bridgehead atoms. The maximum absolute atomic E-state index is 10.3. The molecule has 0 amide bonds. The fraction of sp³-hybridized carbons (Fsp3) is 0.250. The van der Waals surface area contributed by atoms with E-state index in [1.807, 2.05) is 0 Å². The van der Waals surface area contributed by atoms with E-state index in [2.05, 4.69) is 4.98 Å². The molecule has 0 fully saturated rings. The third-order valence-electron chi connectivity index (χ3n) is 0.974. The van der Waals surface area contributed by atoms with E-state index in [1.165, 1.54) is 18.3 Å².